The highest BCUT2D eigenvalue weighted by atomic mass is 32.2. The summed E-state index contributed by atoms with van der Waals surface area (Å²) in [6.45, 7) is 3.05. The fourth-order valence-corrected chi connectivity index (χ4v) is 4.71. The molecule has 3 aliphatic rings. The Morgan fingerprint density at radius 3 is 2.30 bits per heavy atom. The average Bonchev–Trinajstić information content (AvgIpc) is 3.11. The molecule has 0 N–H and O–H groups in total. The summed E-state index contributed by atoms with van der Waals surface area (Å²) in [6, 6.07) is 0.0262. The van der Waals surface area contributed by atoms with E-state index in [0.29, 0.717) is 25.4 Å². The van der Waals surface area contributed by atoms with Crippen molar-refractivity contribution in [2.45, 2.75) is 38.1 Å². The summed E-state index contributed by atoms with van der Waals surface area (Å²) in [5, 5.41) is 0. The van der Waals surface area contributed by atoms with Crippen molar-refractivity contribution < 1.29 is 13.2 Å². The van der Waals surface area contributed by atoms with Crippen LogP contribution in [0.15, 0.2) is 0 Å². The third-order valence-corrected chi connectivity index (χ3v) is 6.44. The fraction of sp³-hybridized carbons (Fsp3) is 0.929. The van der Waals surface area contributed by atoms with Gasteiger partial charge in [0.1, 0.15) is 0 Å². The van der Waals surface area contributed by atoms with Crippen LogP contribution < -0.4 is 0 Å². The molecule has 2 heterocycles. The lowest BCUT2D eigenvalue weighted by Crippen LogP contribution is -2.49. The van der Waals surface area contributed by atoms with Crippen LogP contribution in [0.1, 0.15) is 32.1 Å². The van der Waals surface area contributed by atoms with Gasteiger partial charge in [0.05, 0.1) is 17.5 Å². The Hall–Kier alpha value is -0.620. The van der Waals surface area contributed by atoms with Crippen LogP contribution in [0.2, 0.25) is 0 Å². The fourth-order valence-electron chi connectivity index (χ4n) is 3.43. The Bertz CT molecular complexity index is 467. The van der Waals surface area contributed by atoms with E-state index < -0.39 is 9.84 Å². The van der Waals surface area contributed by atoms with Crippen LogP contribution in [-0.4, -0.2) is 67.9 Å². The molecule has 1 atom stereocenters. The summed E-state index contributed by atoms with van der Waals surface area (Å²) in [6.07, 6.45) is 5.26. The molecule has 0 aromatic rings. The van der Waals surface area contributed by atoms with Crippen LogP contribution in [0.4, 0.5) is 0 Å². The van der Waals surface area contributed by atoms with Crippen molar-refractivity contribution >= 4 is 15.7 Å². The van der Waals surface area contributed by atoms with Crippen LogP contribution >= 0.6 is 0 Å². The first-order chi connectivity index (χ1) is 9.57. The molecule has 3 fully saturated rings. The zero-order valence-corrected chi connectivity index (χ0v) is 12.8. The number of likely N-dealkylation sites (tertiary alicyclic amines) is 1. The lowest BCUT2D eigenvalue weighted by Gasteiger charge is -2.31. The number of rotatable bonds is 3. The van der Waals surface area contributed by atoms with Gasteiger partial charge in [-0.25, -0.2) is 8.42 Å². The molecule has 1 amide bonds. The molecule has 0 aromatic carbocycles. The van der Waals surface area contributed by atoms with E-state index in [0.717, 1.165) is 25.9 Å². The summed E-state index contributed by atoms with van der Waals surface area (Å²) in [7, 11) is -2.94. The second kappa shape index (κ2) is 5.64. The van der Waals surface area contributed by atoms with Crippen LogP contribution in [-0.2, 0) is 14.6 Å². The Labute approximate surface area is 121 Å². The van der Waals surface area contributed by atoms with Gasteiger partial charge in [-0.05, 0) is 51.1 Å². The normalized spacial score (nSPS) is 29.1. The number of amides is 1. The maximum absolute atomic E-state index is 12.8. The first kappa shape index (κ1) is 14.3. The van der Waals surface area contributed by atoms with Crippen molar-refractivity contribution in [1.29, 1.82) is 0 Å². The smallest absolute Gasteiger partial charge is 0.240 e. The van der Waals surface area contributed by atoms with E-state index in [1.54, 1.807) is 0 Å². The number of carbonyl (C=O) groups excluding carboxylic acids is 1. The highest BCUT2D eigenvalue weighted by Crippen LogP contribution is 2.37. The first-order valence-corrected chi connectivity index (χ1v) is 9.62. The van der Waals surface area contributed by atoms with E-state index in [9.17, 15) is 13.2 Å². The second-order valence-corrected chi connectivity index (χ2v) is 8.66. The summed E-state index contributed by atoms with van der Waals surface area (Å²) in [5.74, 6) is 1.07. The third-order valence-electron chi connectivity index (χ3n) is 4.72. The van der Waals surface area contributed by atoms with E-state index >= 15 is 0 Å². The van der Waals surface area contributed by atoms with Gasteiger partial charge >= 0.3 is 0 Å². The lowest BCUT2D eigenvalue weighted by atomic mass is 10.1. The molecular formula is C14H24N2O3S. The van der Waals surface area contributed by atoms with Gasteiger partial charge in [-0.2, -0.15) is 0 Å². The molecule has 0 spiro atoms. The molecule has 1 saturated carbocycles. The Balaban J connectivity index is 1.69. The number of sulfone groups is 1. The Kier molecular flexibility index (Phi) is 4.04. The molecule has 0 bridgehead atoms. The van der Waals surface area contributed by atoms with Crippen LogP contribution in [0.25, 0.3) is 0 Å². The predicted octanol–water partition coefficient (Wildman–Crippen LogP) is 0.508. The molecule has 20 heavy (non-hydrogen) atoms. The topological polar surface area (TPSA) is 57.7 Å². The number of hydrogen-bond donors (Lipinski definition) is 0. The van der Waals surface area contributed by atoms with Gasteiger partial charge in [-0.1, -0.05) is 0 Å². The van der Waals surface area contributed by atoms with Crippen molar-refractivity contribution in [2.75, 3.05) is 37.7 Å². The molecular weight excluding hydrogens is 276 g/mol. The highest BCUT2D eigenvalue weighted by molar-refractivity contribution is 7.91. The number of nitrogens with zero attached hydrogens (tertiary/aromatic N) is 2. The van der Waals surface area contributed by atoms with Crippen molar-refractivity contribution in [3.63, 3.8) is 0 Å². The van der Waals surface area contributed by atoms with Gasteiger partial charge in [-0.15, -0.1) is 0 Å². The number of hydrogen-bond acceptors (Lipinski definition) is 4. The SMILES string of the molecule is O=C(C(C1CC1)N1CCCC1)N1CCCS(=O)(=O)CC1. The molecule has 1 unspecified atom stereocenters. The maximum Gasteiger partial charge on any atom is 0.240 e. The van der Waals surface area contributed by atoms with Gasteiger partial charge in [0, 0.05) is 13.1 Å². The molecule has 5 nitrogen and oxygen atoms in total. The minimum absolute atomic E-state index is 0.0262. The van der Waals surface area contributed by atoms with Gasteiger partial charge < -0.3 is 4.90 Å². The number of carbonyl (C=O) groups is 1. The van der Waals surface area contributed by atoms with Gasteiger partial charge in [-0.3, -0.25) is 9.69 Å². The standard InChI is InChI=1S/C14H24N2O3S/c17-14(16-8-3-10-20(18,19)11-9-16)13(12-4-5-12)15-6-1-2-7-15/h12-13H,1-11H2. The predicted molar refractivity (Wildman–Crippen MR) is 77.2 cm³/mol. The summed E-state index contributed by atoms with van der Waals surface area (Å²) in [4.78, 5) is 17.0. The van der Waals surface area contributed by atoms with Crippen LogP contribution in [0.5, 0.6) is 0 Å². The van der Waals surface area contributed by atoms with E-state index in [4.69, 9.17) is 0 Å². The minimum Gasteiger partial charge on any atom is -0.340 e. The van der Waals surface area contributed by atoms with E-state index in [1.165, 1.54) is 12.8 Å². The van der Waals surface area contributed by atoms with Crippen molar-refractivity contribution in [3.8, 4) is 0 Å². The Morgan fingerprint density at radius 1 is 0.950 bits per heavy atom. The molecule has 2 aliphatic heterocycles. The van der Waals surface area contributed by atoms with Crippen molar-refractivity contribution in [2.24, 2.45) is 5.92 Å². The molecule has 0 radical (unpaired) electrons. The quantitative estimate of drug-likeness (QED) is 0.762. The van der Waals surface area contributed by atoms with Crippen LogP contribution in [0, 0.1) is 5.92 Å². The van der Waals surface area contributed by atoms with Crippen LogP contribution in [0.3, 0.4) is 0 Å². The molecule has 2 saturated heterocycles. The van der Waals surface area contributed by atoms with E-state index in [1.807, 2.05) is 4.90 Å². The van der Waals surface area contributed by atoms with Gasteiger partial charge in [0.2, 0.25) is 5.91 Å². The largest absolute Gasteiger partial charge is 0.340 e. The molecule has 1 aliphatic carbocycles. The molecule has 0 aromatic heterocycles. The van der Waals surface area contributed by atoms with Gasteiger partial charge in [0.15, 0.2) is 9.84 Å². The summed E-state index contributed by atoms with van der Waals surface area (Å²) in [5.41, 5.74) is 0. The zero-order valence-electron chi connectivity index (χ0n) is 12.0. The monoisotopic (exact) mass is 300 g/mol. The third kappa shape index (κ3) is 3.17. The second-order valence-electron chi connectivity index (χ2n) is 6.36. The average molecular weight is 300 g/mol. The Morgan fingerprint density at radius 2 is 1.65 bits per heavy atom. The van der Waals surface area contributed by atoms with Gasteiger partial charge in [0.25, 0.3) is 0 Å². The summed E-state index contributed by atoms with van der Waals surface area (Å²) >= 11 is 0. The highest BCUT2D eigenvalue weighted by Gasteiger charge is 2.42. The maximum atomic E-state index is 12.8. The lowest BCUT2D eigenvalue weighted by molar-refractivity contribution is -0.137. The molecule has 114 valence electrons. The van der Waals surface area contributed by atoms with Crippen molar-refractivity contribution in [3.05, 3.63) is 0 Å². The summed E-state index contributed by atoms with van der Waals surface area (Å²) < 4.78 is 23.3. The molecule has 6 heteroatoms. The van der Waals surface area contributed by atoms with E-state index in [-0.39, 0.29) is 23.5 Å². The van der Waals surface area contributed by atoms with E-state index in [2.05, 4.69) is 4.90 Å². The first-order valence-electron chi connectivity index (χ1n) is 7.80. The minimum atomic E-state index is -2.94. The molecule has 3 rings (SSSR count). The van der Waals surface area contributed by atoms with Crippen molar-refractivity contribution in [1.82, 2.24) is 9.80 Å². The zero-order chi connectivity index (χ0) is 14.2.